The van der Waals surface area contributed by atoms with E-state index in [1.165, 1.54) is 0 Å². The predicted octanol–water partition coefficient (Wildman–Crippen LogP) is -0.733. The SMILES string of the molecule is CCOC(=O)CCN1C(=O)N(CCC(=O)OCC)C(O)C1O. The zero-order valence-electron chi connectivity index (χ0n) is 12.7. The average Bonchev–Trinajstić information content (AvgIpc) is 2.66. The molecule has 0 bridgehead atoms. The number of aliphatic hydroxyl groups excluding tert-OH is 2. The molecule has 0 radical (unpaired) electrons. The van der Waals surface area contributed by atoms with Crippen molar-refractivity contribution in [1.82, 2.24) is 9.80 Å². The van der Waals surface area contributed by atoms with Crippen molar-refractivity contribution in [3.05, 3.63) is 0 Å². The maximum absolute atomic E-state index is 12.1. The molecule has 0 aromatic carbocycles. The van der Waals surface area contributed by atoms with E-state index < -0.39 is 30.4 Å². The fraction of sp³-hybridized carbons (Fsp3) is 0.769. The normalized spacial score (nSPS) is 21.2. The predicted molar refractivity (Wildman–Crippen MR) is 73.3 cm³/mol. The van der Waals surface area contributed by atoms with Crippen molar-refractivity contribution in [3.63, 3.8) is 0 Å². The number of rotatable bonds is 8. The minimum Gasteiger partial charge on any atom is -0.466 e. The highest BCUT2D eigenvalue weighted by Gasteiger charge is 2.43. The molecule has 1 fully saturated rings. The Balaban J connectivity index is 2.54. The van der Waals surface area contributed by atoms with Gasteiger partial charge in [0.2, 0.25) is 0 Å². The summed E-state index contributed by atoms with van der Waals surface area (Å²) in [5, 5.41) is 19.7. The molecule has 1 saturated heterocycles. The van der Waals surface area contributed by atoms with Crippen molar-refractivity contribution in [2.75, 3.05) is 26.3 Å². The van der Waals surface area contributed by atoms with Crippen molar-refractivity contribution in [3.8, 4) is 0 Å². The summed E-state index contributed by atoms with van der Waals surface area (Å²) in [6.07, 6.45) is -3.09. The molecular formula is C13H22N2O7. The molecule has 1 rings (SSSR count). The molecule has 0 saturated carbocycles. The molecule has 1 aliphatic heterocycles. The molecule has 1 heterocycles. The van der Waals surface area contributed by atoms with Gasteiger partial charge in [0, 0.05) is 13.1 Å². The third-order valence-corrected chi connectivity index (χ3v) is 3.12. The number of hydrogen-bond donors (Lipinski definition) is 2. The van der Waals surface area contributed by atoms with Crippen molar-refractivity contribution in [1.29, 1.82) is 0 Å². The van der Waals surface area contributed by atoms with Gasteiger partial charge in [0.1, 0.15) is 0 Å². The number of ether oxygens (including phenoxy) is 2. The first-order valence-electron chi connectivity index (χ1n) is 7.17. The van der Waals surface area contributed by atoms with Gasteiger partial charge in [-0.15, -0.1) is 0 Å². The van der Waals surface area contributed by atoms with E-state index in [-0.39, 0.29) is 39.1 Å². The number of esters is 2. The van der Waals surface area contributed by atoms with Gasteiger partial charge in [-0.1, -0.05) is 0 Å². The third-order valence-electron chi connectivity index (χ3n) is 3.12. The van der Waals surface area contributed by atoms with E-state index in [1.807, 2.05) is 0 Å². The van der Waals surface area contributed by atoms with Crippen LogP contribution in [-0.4, -0.2) is 76.7 Å². The van der Waals surface area contributed by atoms with Gasteiger partial charge in [-0.2, -0.15) is 0 Å². The molecule has 0 aliphatic carbocycles. The highest BCUT2D eigenvalue weighted by Crippen LogP contribution is 2.20. The van der Waals surface area contributed by atoms with E-state index in [0.717, 1.165) is 9.80 Å². The van der Waals surface area contributed by atoms with Crippen LogP contribution in [0.1, 0.15) is 26.7 Å². The first-order valence-corrected chi connectivity index (χ1v) is 7.17. The Hall–Kier alpha value is -1.87. The number of carbonyl (C=O) groups excluding carboxylic acids is 3. The fourth-order valence-electron chi connectivity index (χ4n) is 2.06. The van der Waals surface area contributed by atoms with Gasteiger partial charge in [0.05, 0.1) is 26.1 Å². The lowest BCUT2D eigenvalue weighted by atomic mass is 10.3. The van der Waals surface area contributed by atoms with Crippen LogP contribution in [0.15, 0.2) is 0 Å². The zero-order valence-corrected chi connectivity index (χ0v) is 12.7. The maximum Gasteiger partial charge on any atom is 0.324 e. The van der Waals surface area contributed by atoms with Crippen LogP contribution in [-0.2, 0) is 19.1 Å². The van der Waals surface area contributed by atoms with Crippen LogP contribution in [0.2, 0.25) is 0 Å². The average molecular weight is 318 g/mol. The van der Waals surface area contributed by atoms with E-state index >= 15 is 0 Å². The van der Waals surface area contributed by atoms with Crippen LogP contribution in [0.4, 0.5) is 4.79 Å². The highest BCUT2D eigenvalue weighted by atomic mass is 16.5. The van der Waals surface area contributed by atoms with E-state index in [9.17, 15) is 24.6 Å². The second-order valence-electron chi connectivity index (χ2n) is 4.61. The molecule has 2 amide bonds. The zero-order chi connectivity index (χ0) is 16.7. The van der Waals surface area contributed by atoms with Gasteiger partial charge in [-0.3, -0.25) is 19.4 Å². The van der Waals surface area contributed by atoms with Crippen LogP contribution in [0.25, 0.3) is 0 Å². The van der Waals surface area contributed by atoms with E-state index in [4.69, 9.17) is 9.47 Å². The lowest BCUT2D eigenvalue weighted by molar-refractivity contribution is -0.145. The first kappa shape index (κ1) is 18.2. The molecule has 0 spiro atoms. The molecule has 2 unspecified atom stereocenters. The Labute approximate surface area is 128 Å². The van der Waals surface area contributed by atoms with Crippen LogP contribution >= 0.6 is 0 Å². The van der Waals surface area contributed by atoms with Gasteiger partial charge < -0.3 is 19.7 Å². The minimum absolute atomic E-state index is 0.0776. The largest absolute Gasteiger partial charge is 0.466 e. The van der Waals surface area contributed by atoms with Crippen LogP contribution in [0.3, 0.4) is 0 Å². The summed E-state index contributed by atoms with van der Waals surface area (Å²) in [6, 6.07) is -0.645. The van der Waals surface area contributed by atoms with Gasteiger partial charge in [0.15, 0.2) is 12.5 Å². The lowest BCUT2D eigenvalue weighted by Crippen LogP contribution is -2.38. The quantitative estimate of drug-likeness (QED) is 0.566. The van der Waals surface area contributed by atoms with Gasteiger partial charge in [-0.05, 0) is 13.8 Å². The summed E-state index contributed by atoms with van der Waals surface area (Å²) >= 11 is 0. The molecule has 1 aliphatic rings. The number of urea groups is 1. The number of carbonyl (C=O) groups is 3. The van der Waals surface area contributed by atoms with E-state index in [2.05, 4.69) is 0 Å². The lowest BCUT2D eigenvalue weighted by Gasteiger charge is -2.18. The Morgan fingerprint density at radius 1 is 0.955 bits per heavy atom. The molecular weight excluding hydrogens is 296 g/mol. The Kier molecular flexibility index (Phi) is 7.06. The van der Waals surface area contributed by atoms with E-state index in [1.54, 1.807) is 13.8 Å². The van der Waals surface area contributed by atoms with E-state index in [0.29, 0.717) is 0 Å². The van der Waals surface area contributed by atoms with Crippen molar-refractivity contribution < 1.29 is 34.1 Å². The Morgan fingerprint density at radius 3 is 1.64 bits per heavy atom. The molecule has 2 atom stereocenters. The smallest absolute Gasteiger partial charge is 0.324 e. The van der Waals surface area contributed by atoms with Crippen molar-refractivity contribution in [2.24, 2.45) is 0 Å². The standard InChI is InChI=1S/C13H22N2O7/c1-3-21-9(16)5-7-14-11(18)12(19)15(13(14)20)8-6-10(17)22-4-2/h11-12,18-19H,3-8H2,1-2H3. The maximum atomic E-state index is 12.1. The summed E-state index contributed by atoms with van der Waals surface area (Å²) in [6.45, 7) is 3.62. The summed E-state index contributed by atoms with van der Waals surface area (Å²) in [7, 11) is 0. The molecule has 126 valence electrons. The molecule has 22 heavy (non-hydrogen) atoms. The molecule has 2 N–H and O–H groups in total. The Bertz CT molecular complexity index is 379. The molecule has 9 heteroatoms. The first-order chi connectivity index (χ1) is 10.4. The second-order valence-corrected chi connectivity index (χ2v) is 4.61. The second kappa shape index (κ2) is 8.54. The number of hydrogen-bond acceptors (Lipinski definition) is 7. The Morgan fingerprint density at radius 2 is 1.32 bits per heavy atom. The third kappa shape index (κ3) is 4.57. The number of aliphatic hydroxyl groups is 2. The highest BCUT2D eigenvalue weighted by molar-refractivity contribution is 5.79. The fourth-order valence-corrected chi connectivity index (χ4v) is 2.06. The number of nitrogens with zero attached hydrogens (tertiary/aromatic N) is 2. The van der Waals surface area contributed by atoms with Crippen molar-refractivity contribution >= 4 is 18.0 Å². The van der Waals surface area contributed by atoms with Crippen LogP contribution in [0.5, 0.6) is 0 Å². The van der Waals surface area contributed by atoms with Crippen LogP contribution < -0.4 is 0 Å². The van der Waals surface area contributed by atoms with Crippen LogP contribution in [0, 0.1) is 0 Å². The molecule has 0 aromatic rings. The molecule has 9 nitrogen and oxygen atoms in total. The number of amides is 2. The van der Waals surface area contributed by atoms with Gasteiger partial charge in [0.25, 0.3) is 0 Å². The molecule has 0 aromatic heterocycles. The summed E-state index contributed by atoms with van der Waals surface area (Å²) < 4.78 is 9.47. The summed E-state index contributed by atoms with van der Waals surface area (Å²) in [5.74, 6) is -0.996. The van der Waals surface area contributed by atoms with Gasteiger partial charge in [-0.25, -0.2) is 4.79 Å². The monoisotopic (exact) mass is 318 g/mol. The summed E-state index contributed by atoms with van der Waals surface area (Å²) in [4.78, 5) is 36.6. The topological polar surface area (TPSA) is 117 Å². The minimum atomic E-state index is -1.45. The summed E-state index contributed by atoms with van der Waals surface area (Å²) in [5.41, 5.74) is 0. The van der Waals surface area contributed by atoms with Crippen molar-refractivity contribution in [2.45, 2.75) is 39.1 Å². The van der Waals surface area contributed by atoms with Gasteiger partial charge >= 0.3 is 18.0 Å².